The van der Waals surface area contributed by atoms with Gasteiger partial charge in [-0.05, 0) is 31.0 Å². The van der Waals surface area contributed by atoms with Crippen LogP contribution >= 0.6 is 11.8 Å². The monoisotopic (exact) mass is 246 g/mol. The second-order valence-corrected chi connectivity index (χ2v) is 5.18. The van der Waals surface area contributed by atoms with Crippen molar-refractivity contribution in [2.75, 3.05) is 5.75 Å². The highest BCUT2D eigenvalue weighted by molar-refractivity contribution is 7.99. The van der Waals surface area contributed by atoms with Gasteiger partial charge in [0.15, 0.2) is 5.16 Å². The summed E-state index contributed by atoms with van der Waals surface area (Å²) in [7, 11) is 0. The summed E-state index contributed by atoms with van der Waals surface area (Å²) in [6, 6.07) is 8.51. The van der Waals surface area contributed by atoms with E-state index in [-0.39, 0.29) is 0 Å². The van der Waals surface area contributed by atoms with Gasteiger partial charge in [-0.1, -0.05) is 37.2 Å². The van der Waals surface area contributed by atoms with Crippen molar-refractivity contribution in [1.29, 1.82) is 0 Å². The minimum atomic E-state index is 1.09. The van der Waals surface area contributed by atoms with Crippen molar-refractivity contribution in [1.82, 2.24) is 9.55 Å². The van der Waals surface area contributed by atoms with E-state index in [1.165, 1.54) is 24.1 Å². The quantitative estimate of drug-likeness (QED) is 0.584. The first-order chi connectivity index (χ1) is 8.31. The minimum absolute atomic E-state index is 1.09. The van der Waals surface area contributed by atoms with E-state index in [1.807, 2.05) is 24.2 Å². The summed E-state index contributed by atoms with van der Waals surface area (Å²) in [5, 5.41) is 1.09. The Bertz CT molecular complexity index is 477. The van der Waals surface area contributed by atoms with Crippen LogP contribution in [0.3, 0.4) is 0 Å². The molecule has 0 unspecified atom stereocenters. The lowest BCUT2D eigenvalue weighted by Gasteiger charge is -2.07. The van der Waals surface area contributed by atoms with Gasteiger partial charge in [0.2, 0.25) is 0 Å². The summed E-state index contributed by atoms with van der Waals surface area (Å²) in [5.74, 6) is 1.14. The molecule has 0 bridgehead atoms. The largest absolute Gasteiger partial charge is 0.295 e. The Balaban J connectivity index is 2.18. The molecule has 2 nitrogen and oxygen atoms in total. The Morgan fingerprint density at radius 1 is 1.35 bits per heavy atom. The number of aromatic nitrogens is 2. The lowest BCUT2D eigenvalue weighted by Crippen LogP contribution is -1.95. The lowest BCUT2D eigenvalue weighted by molar-refractivity contribution is 0.870. The average Bonchev–Trinajstić information content (AvgIpc) is 2.78. The van der Waals surface area contributed by atoms with Gasteiger partial charge in [0, 0.05) is 23.8 Å². The van der Waals surface area contributed by atoms with Crippen LogP contribution in [0.25, 0.3) is 5.69 Å². The maximum atomic E-state index is 4.42. The third-order valence-electron chi connectivity index (χ3n) is 2.62. The molecule has 0 saturated carbocycles. The zero-order valence-corrected chi connectivity index (χ0v) is 11.2. The summed E-state index contributed by atoms with van der Waals surface area (Å²) >= 11 is 1.83. The van der Waals surface area contributed by atoms with Crippen LogP contribution in [-0.2, 0) is 0 Å². The van der Waals surface area contributed by atoms with Crippen LogP contribution < -0.4 is 0 Å². The molecule has 17 heavy (non-hydrogen) atoms. The van der Waals surface area contributed by atoms with Gasteiger partial charge in [-0.25, -0.2) is 4.98 Å². The van der Waals surface area contributed by atoms with Crippen LogP contribution in [0.4, 0.5) is 0 Å². The minimum Gasteiger partial charge on any atom is -0.295 e. The highest BCUT2D eigenvalue weighted by atomic mass is 32.2. The fraction of sp³-hybridized carbons (Fsp3) is 0.357. The smallest absolute Gasteiger partial charge is 0.172 e. The number of rotatable bonds is 5. The molecular weight excluding hydrogens is 228 g/mol. The third kappa shape index (κ3) is 3.13. The number of benzene rings is 1. The Hall–Kier alpha value is -1.22. The van der Waals surface area contributed by atoms with Gasteiger partial charge in [0.1, 0.15) is 0 Å². The maximum absolute atomic E-state index is 4.42. The van der Waals surface area contributed by atoms with Crippen molar-refractivity contribution in [3.63, 3.8) is 0 Å². The Morgan fingerprint density at radius 3 is 3.00 bits per heavy atom. The molecule has 2 rings (SSSR count). The van der Waals surface area contributed by atoms with E-state index >= 15 is 0 Å². The van der Waals surface area contributed by atoms with E-state index in [2.05, 4.69) is 47.7 Å². The Morgan fingerprint density at radius 2 is 2.24 bits per heavy atom. The summed E-state index contributed by atoms with van der Waals surface area (Å²) in [4.78, 5) is 4.42. The average molecular weight is 246 g/mol. The summed E-state index contributed by atoms with van der Waals surface area (Å²) < 4.78 is 2.16. The highest BCUT2D eigenvalue weighted by Crippen LogP contribution is 2.21. The fourth-order valence-electron chi connectivity index (χ4n) is 1.68. The SMILES string of the molecule is CCCCSc1nccn1-c1cccc(C)c1. The van der Waals surface area contributed by atoms with Crippen LogP contribution in [0.5, 0.6) is 0 Å². The lowest BCUT2D eigenvalue weighted by atomic mass is 10.2. The molecule has 0 spiro atoms. The number of unbranched alkanes of at least 4 members (excludes halogenated alkanes) is 1. The molecule has 0 aliphatic carbocycles. The van der Waals surface area contributed by atoms with E-state index in [1.54, 1.807) is 0 Å². The molecule has 0 radical (unpaired) electrons. The molecule has 90 valence electrons. The van der Waals surface area contributed by atoms with Crippen LogP contribution in [0.1, 0.15) is 25.3 Å². The van der Waals surface area contributed by atoms with E-state index in [0.717, 1.165) is 10.9 Å². The zero-order valence-electron chi connectivity index (χ0n) is 10.4. The van der Waals surface area contributed by atoms with Gasteiger partial charge >= 0.3 is 0 Å². The van der Waals surface area contributed by atoms with E-state index in [9.17, 15) is 0 Å². The predicted octanol–water partition coefficient (Wildman–Crippen LogP) is 4.07. The molecule has 1 aromatic heterocycles. The van der Waals surface area contributed by atoms with Gasteiger partial charge in [-0.2, -0.15) is 0 Å². The third-order valence-corrected chi connectivity index (χ3v) is 3.67. The summed E-state index contributed by atoms with van der Waals surface area (Å²) in [6.45, 7) is 4.33. The van der Waals surface area contributed by atoms with Gasteiger partial charge in [-0.3, -0.25) is 4.57 Å². The van der Waals surface area contributed by atoms with E-state index in [4.69, 9.17) is 0 Å². The van der Waals surface area contributed by atoms with Crippen molar-refractivity contribution in [2.24, 2.45) is 0 Å². The topological polar surface area (TPSA) is 17.8 Å². The first-order valence-corrected chi connectivity index (χ1v) is 7.03. The molecule has 1 aromatic carbocycles. The number of hydrogen-bond donors (Lipinski definition) is 0. The van der Waals surface area contributed by atoms with Gasteiger partial charge < -0.3 is 0 Å². The number of hydrogen-bond acceptors (Lipinski definition) is 2. The highest BCUT2D eigenvalue weighted by Gasteiger charge is 2.05. The van der Waals surface area contributed by atoms with Crippen LogP contribution in [0.2, 0.25) is 0 Å². The first-order valence-electron chi connectivity index (χ1n) is 6.04. The van der Waals surface area contributed by atoms with Crippen LogP contribution in [0, 0.1) is 6.92 Å². The molecule has 0 amide bonds. The molecule has 0 aliphatic rings. The van der Waals surface area contributed by atoms with Crippen LogP contribution in [0.15, 0.2) is 41.8 Å². The van der Waals surface area contributed by atoms with Crippen molar-refractivity contribution in [3.05, 3.63) is 42.2 Å². The molecule has 0 N–H and O–H groups in total. The van der Waals surface area contributed by atoms with Crippen molar-refractivity contribution < 1.29 is 0 Å². The summed E-state index contributed by atoms with van der Waals surface area (Å²) in [5.41, 5.74) is 2.47. The number of nitrogens with zero attached hydrogens (tertiary/aromatic N) is 2. The maximum Gasteiger partial charge on any atom is 0.172 e. The Kier molecular flexibility index (Phi) is 4.26. The molecule has 0 aliphatic heterocycles. The molecule has 0 atom stereocenters. The number of imidazole rings is 1. The predicted molar refractivity (Wildman–Crippen MR) is 73.9 cm³/mol. The van der Waals surface area contributed by atoms with Gasteiger partial charge in [0.25, 0.3) is 0 Å². The second-order valence-electron chi connectivity index (χ2n) is 4.12. The summed E-state index contributed by atoms with van der Waals surface area (Å²) in [6.07, 6.45) is 6.38. The molecule has 0 fully saturated rings. The van der Waals surface area contributed by atoms with Crippen molar-refractivity contribution in [3.8, 4) is 5.69 Å². The normalized spacial score (nSPS) is 10.7. The molecular formula is C14H18N2S. The zero-order chi connectivity index (χ0) is 12.1. The molecule has 1 heterocycles. The number of aryl methyl sites for hydroxylation is 1. The van der Waals surface area contributed by atoms with Crippen LogP contribution in [-0.4, -0.2) is 15.3 Å². The second kappa shape index (κ2) is 5.92. The first kappa shape index (κ1) is 12.2. The molecule has 3 heteroatoms. The molecule has 0 saturated heterocycles. The van der Waals surface area contributed by atoms with Gasteiger partial charge in [0.05, 0.1) is 0 Å². The van der Waals surface area contributed by atoms with E-state index < -0.39 is 0 Å². The van der Waals surface area contributed by atoms with E-state index in [0.29, 0.717) is 0 Å². The number of thioether (sulfide) groups is 1. The van der Waals surface area contributed by atoms with Gasteiger partial charge in [-0.15, -0.1) is 0 Å². The standard InChI is InChI=1S/C14H18N2S/c1-3-4-10-17-14-15-8-9-16(14)13-7-5-6-12(2)11-13/h5-9,11H,3-4,10H2,1-2H3. The van der Waals surface area contributed by atoms with Crippen molar-refractivity contribution >= 4 is 11.8 Å². The van der Waals surface area contributed by atoms with Crippen molar-refractivity contribution in [2.45, 2.75) is 31.8 Å². The Labute approximate surface area is 107 Å². The molecule has 2 aromatic rings. The fourth-order valence-corrected chi connectivity index (χ4v) is 2.73.